The summed E-state index contributed by atoms with van der Waals surface area (Å²) >= 11 is 3.57. The molecule has 2 aromatic rings. The van der Waals surface area contributed by atoms with Gasteiger partial charge in [0.2, 0.25) is 0 Å². The number of ether oxygens (including phenoxy) is 3. The lowest BCUT2D eigenvalue weighted by atomic mass is 9.74. The topological polar surface area (TPSA) is 56.8 Å². The average molecular weight is 474 g/mol. The number of carbonyl (C=O) groups is 1. The van der Waals surface area contributed by atoms with Crippen LogP contribution in [0.25, 0.3) is 0 Å². The molecule has 2 fully saturated rings. The van der Waals surface area contributed by atoms with E-state index in [9.17, 15) is 4.79 Å². The van der Waals surface area contributed by atoms with Gasteiger partial charge in [0, 0.05) is 41.8 Å². The smallest absolute Gasteiger partial charge is 0.251 e. The minimum atomic E-state index is -0.109. The van der Waals surface area contributed by atoms with Crippen LogP contribution in [0.2, 0.25) is 0 Å². The van der Waals surface area contributed by atoms with E-state index in [1.165, 1.54) is 5.56 Å². The summed E-state index contributed by atoms with van der Waals surface area (Å²) in [5.74, 6) is 0.693. The first kappa shape index (κ1) is 21.3. The quantitative estimate of drug-likeness (QED) is 0.643. The first-order valence-electron chi connectivity index (χ1n) is 10.6. The van der Waals surface area contributed by atoms with Gasteiger partial charge in [0.15, 0.2) is 0 Å². The zero-order chi connectivity index (χ0) is 20.8. The third-order valence-electron chi connectivity index (χ3n) is 6.05. The van der Waals surface area contributed by atoms with Gasteiger partial charge in [-0.15, -0.1) is 0 Å². The highest BCUT2D eigenvalue weighted by Gasteiger charge is 2.35. The minimum Gasteiger partial charge on any atom is -0.491 e. The van der Waals surface area contributed by atoms with E-state index in [0.717, 1.165) is 42.5 Å². The van der Waals surface area contributed by atoms with Gasteiger partial charge in [-0.3, -0.25) is 4.79 Å². The van der Waals surface area contributed by atoms with E-state index in [4.69, 9.17) is 14.2 Å². The van der Waals surface area contributed by atoms with Gasteiger partial charge in [-0.2, -0.15) is 0 Å². The molecule has 6 heteroatoms. The molecule has 1 unspecified atom stereocenters. The Morgan fingerprint density at radius 2 is 1.93 bits per heavy atom. The molecule has 2 aliphatic heterocycles. The van der Waals surface area contributed by atoms with Crippen LogP contribution in [-0.4, -0.2) is 45.0 Å². The van der Waals surface area contributed by atoms with Crippen molar-refractivity contribution in [2.24, 2.45) is 0 Å². The maximum atomic E-state index is 12.8. The number of rotatable bonds is 7. The lowest BCUT2D eigenvalue weighted by Crippen LogP contribution is -2.44. The summed E-state index contributed by atoms with van der Waals surface area (Å²) in [6.07, 6.45) is 4.10. The van der Waals surface area contributed by atoms with Crippen molar-refractivity contribution in [3.63, 3.8) is 0 Å². The van der Waals surface area contributed by atoms with Crippen LogP contribution in [0.4, 0.5) is 0 Å². The number of halogens is 1. The molecule has 160 valence electrons. The Morgan fingerprint density at radius 1 is 1.13 bits per heavy atom. The fraction of sp³-hybridized carbons (Fsp3) is 0.458. The number of carbonyl (C=O) groups excluding carboxylic acids is 1. The zero-order valence-electron chi connectivity index (χ0n) is 17.1. The summed E-state index contributed by atoms with van der Waals surface area (Å²) in [7, 11) is 0. The molecule has 1 atom stereocenters. The SMILES string of the molecule is O=C(NCC1(c2cccc(Br)c2)CCOCC1)c1ccc(OCC2CCCO2)cc1. The van der Waals surface area contributed by atoms with Crippen molar-refractivity contribution in [3.8, 4) is 5.75 Å². The number of hydrogen-bond donors (Lipinski definition) is 1. The van der Waals surface area contributed by atoms with Crippen molar-refractivity contribution in [1.29, 1.82) is 0 Å². The second-order valence-corrected chi connectivity index (χ2v) is 8.97. The predicted molar refractivity (Wildman–Crippen MR) is 119 cm³/mol. The first-order chi connectivity index (χ1) is 14.6. The summed E-state index contributed by atoms with van der Waals surface area (Å²) in [5.41, 5.74) is 1.76. The second kappa shape index (κ2) is 9.94. The van der Waals surface area contributed by atoms with E-state index in [0.29, 0.717) is 31.9 Å². The van der Waals surface area contributed by atoms with Crippen LogP contribution in [0.3, 0.4) is 0 Å². The molecular formula is C24H28BrNO4. The Hall–Kier alpha value is -1.89. The molecule has 2 saturated heterocycles. The molecule has 2 heterocycles. The monoisotopic (exact) mass is 473 g/mol. The van der Waals surface area contributed by atoms with Crippen molar-refractivity contribution in [3.05, 3.63) is 64.1 Å². The van der Waals surface area contributed by atoms with E-state index >= 15 is 0 Å². The van der Waals surface area contributed by atoms with Crippen molar-refractivity contribution in [2.75, 3.05) is 33.0 Å². The van der Waals surface area contributed by atoms with E-state index < -0.39 is 0 Å². The van der Waals surface area contributed by atoms with E-state index in [2.05, 4.69) is 33.4 Å². The highest BCUT2D eigenvalue weighted by atomic mass is 79.9. The van der Waals surface area contributed by atoms with E-state index in [-0.39, 0.29) is 17.4 Å². The van der Waals surface area contributed by atoms with Gasteiger partial charge in [0.25, 0.3) is 5.91 Å². The molecule has 1 N–H and O–H groups in total. The highest BCUT2D eigenvalue weighted by Crippen LogP contribution is 2.35. The largest absolute Gasteiger partial charge is 0.491 e. The van der Waals surface area contributed by atoms with Gasteiger partial charge in [-0.05, 0) is 67.6 Å². The third-order valence-corrected chi connectivity index (χ3v) is 6.54. The van der Waals surface area contributed by atoms with Gasteiger partial charge in [-0.1, -0.05) is 28.1 Å². The Balaban J connectivity index is 1.37. The lowest BCUT2D eigenvalue weighted by molar-refractivity contribution is 0.0487. The maximum Gasteiger partial charge on any atom is 0.251 e. The third kappa shape index (κ3) is 5.23. The molecule has 0 aromatic heterocycles. The number of nitrogens with one attached hydrogen (secondary N) is 1. The van der Waals surface area contributed by atoms with Crippen molar-refractivity contribution in [1.82, 2.24) is 5.32 Å². The van der Waals surface area contributed by atoms with Gasteiger partial charge in [0.05, 0.1) is 6.10 Å². The van der Waals surface area contributed by atoms with Gasteiger partial charge in [0.1, 0.15) is 12.4 Å². The Labute approximate surface area is 186 Å². The molecule has 30 heavy (non-hydrogen) atoms. The van der Waals surface area contributed by atoms with Gasteiger partial charge >= 0.3 is 0 Å². The van der Waals surface area contributed by atoms with Crippen molar-refractivity contribution in [2.45, 2.75) is 37.2 Å². The number of amides is 1. The molecule has 0 saturated carbocycles. The van der Waals surface area contributed by atoms with Crippen LogP contribution in [0.1, 0.15) is 41.6 Å². The van der Waals surface area contributed by atoms with Crippen LogP contribution in [0.15, 0.2) is 53.0 Å². The fourth-order valence-corrected chi connectivity index (χ4v) is 4.57. The summed E-state index contributed by atoms with van der Waals surface area (Å²) in [6, 6.07) is 15.7. The first-order valence-corrected chi connectivity index (χ1v) is 11.4. The number of hydrogen-bond acceptors (Lipinski definition) is 4. The second-order valence-electron chi connectivity index (χ2n) is 8.06. The van der Waals surface area contributed by atoms with Gasteiger partial charge in [-0.25, -0.2) is 0 Å². The van der Waals surface area contributed by atoms with Crippen molar-refractivity contribution >= 4 is 21.8 Å². The zero-order valence-corrected chi connectivity index (χ0v) is 18.7. The average Bonchev–Trinajstić information content (AvgIpc) is 3.31. The fourth-order valence-electron chi connectivity index (χ4n) is 4.17. The summed E-state index contributed by atoms with van der Waals surface area (Å²) in [5, 5.41) is 3.15. The molecule has 0 bridgehead atoms. The molecule has 0 aliphatic carbocycles. The maximum absolute atomic E-state index is 12.8. The van der Waals surface area contributed by atoms with E-state index in [1.54, 1.807) is 0 Å². The summed E-state index contributed by atoms with van der Waals surface area (Å²) < 4.78 is 18.0. The molecule has 0 radical (unpaired) electrons. The van der Waals surface area contributed by atoms with Gasteiger partial charge < -0.3 is 19.5 Å². The van der Waals surface area contributed by atoms with Crippen LogP contribution in [0.5, 0.6) is 5.75 Å². The summed E-state index contributed by atoms with van der Waals surface area (Å²) in [6.45, 7) is 3.38. The Bertz CT molecular complexity index is 843. The Morgan fingerprint density at radius 3 is 2.63 bits per heavy atom. The Kier molecular flexibility index (Phi) is 7.08. The number of benzene rings is 2. The normalized spacial score (nSPS) is 20.6. The summed E-state index contributed by atoms with van der Waals surface area (Å²) in [4.78, 5) is 12.8. The molecular weight excluding hydrogens is 446 g/mol. The minimum absolute atomic E-state index is 0.0680. The highest BCUT2D eigenvalue weighted by molar-refractivity contribution is 9.10. The van der Waals surface area contributed by atoms with E-state index in [1.807, 2.05) is 36.4 Å². The van der Waals surface area contributed by atoms with Crippen LogP contribution >= 0.6 is 15.9 Å². The lowest BCUT2D eigenvalue weighted by Gasteiger charge is -2.38. The van der Waals surface area contributed by atoms with Crippen LogP contribution in [0, 0.1) is 0 Å². The molecule has 0 spiro atoms. The molecule has 1 amide bonds. The predicted octanol–water partition coefficient (Wildman–Crippen LogP) is 4.49. The van der Waals surface area contributed by atoms with Crippen LogP contribution in [-0.2, 0) is 14.9 Å². The molecule has 4 rings (SSSR count). The molecule has 5 nitrogen and oxygen atoms in total. The standard InChI is InChI=1S/C24H28BrNO4/c25-20-4-1-3-19(15-20)24(10-13-28-14-11-24)17-26-23(27)18-6-8-21(9-7-18)30-16-22-5-2-12-29-22/h1,3-4,6-9,15,22H,2,5,10-14,16-17H2,(H,26,27). The van der Waals surface area contributed by atoms with Crippen LogP contribution < -0.4 is 10.1 Å². The van der Waals surface area contributed by atoms with Crippen molar-refractivity contribution < 1.29 is 19.0 Å². The molecule has 2 aliphatic rings. The molecule has 2 aromatic carbocycles.